The van der Waals surface area contributed by atoms with Crippen LogP contribution in [0.3, 0.4) is 0 Å². The number of nitrogens with zero attached hydrogens (tertiary/aromatic N) is 1. The second-order valence-corrected chi connectivity index (χ2v) is 6.43. The fourth-order valence-corrected chi connectivity index (χ4v) is 3.89. The summed E-state index contributed by atoms with van der Waals surface area (Å²) in [5.41, 5.74) is 0.381. The van der Waals surface area contributed by atoms with Crippen LogP contribution in [0.1, 0.15) is 39.0 Å². The van der Waals surface area contributed by atoms with Gasteiger partial charge in [-0.15, -0.1) is 0 Å². The summed E-state index contributed by atoms with van der Waals surface area (Å²) in [6.45, 7) is 3.86. The van der Waals surface area contributed by atoms with E-state index in [9.17, 15) is 0 Å². The Balaban J connectivity index is 1.82. The molecule has 4 heteroatoms. The molecule has 2 fully saturated rings. The van der Waals surface area contributed by atoms with Gasteiger partial charge in [0.1, 0.15) is 0 Å². The van der Waals surface area contributed by atoms with Crippen LogP contribution >= 0.6 is 11.8 Å². The lowest BCUT2D eigenvalue weighted by molar-refractivity contribution is 0.163. The summed E-state index contributed by atoms with van der Waals surface area (Å²) >= 11 is 1.91. The van der Waals surface area contributed by atoms with E-state index < -0.39 is 0 Å². The zero-order valence-electron chi connectivity index (χ0n) is 11.0. The molecule has 0 bridgehead atoms. The van der Waals surface area contributed by atoms with Gasteiger partial charge < -0.3 is 10.1 Å². The standard InChI is InChI=1S/C13H24N2OS/c1-11(9-16-2)8-14-12-15-13(10-17-12)6-4-3-5-7-13/h11H,3-10H2,1-2H3,(H,14,15). The van der Waals surface area contributed by atoms with Gasteiger partial charge in [0, 0.05) is 24.9 Å². The molecular formula is C13H24N2OS. The maximum atomic E-state index is 5.13. The van der Waals surface area contributed by atoms with Crippen molar-refractivity contribution in [1.29, 1.82) is 0 Å². The number of methoxy groups -OCH3 is 1. The van der Waals surface area contributed by atoms with E-state index >= 15 is 0 Å². The van der Waals surface area contributed by atoms with Gasteiger partial charge in [0.05, 0.1) is 6.61 Å². The highest BCUT2D eigenvalue weighted by atomic mass is 32.2. The van der Waals surface area contributed by atoms with Gasteiger partial charge in [0.15, 0.2) is 5.17 Å². The van der Waals surface area contributed by atoms with Crippen molar-refractivity contribution in [2.75, 3.05) is 26.0 Å². The summed E-state index contributed by atoms with van der Waals surface area (Å²) in [6.07, 6.45) is 6.81. The van der Waals surface area contributed by atoms with Gasteiger partial charge in [0.25, 0.3) is 0 Å². The Hall–Kier alpha value is -0.220. The van der Waals surface area contributed by atoms with Gasteiger partial charge in [-0.3, -0.25) is 4.99 Å². The van der Waals surface area contributed by atoms with Crippen LogP contribution in [-0.2, 0) is 4.74 Å². The first kappa shape index (κ1) is 13.2. The predicted molar refractivity (Wildman–Crippen MR) is 74.8 cm³/mol. The summed E-state index contributed by atoms with van der Waals surface area (Å²) in [6, 6.07) is 0. The number of ether oxygens (including phenoxy) is 1. The maximum absolute atomic E-state index is 5.13. The summed E-state index contributed by atoms with van der Waals surface area (Å²) in [7, 11) is 1.75. The Morgan fingerprint density at radius 2 is 2.18 bits per heavy atom. The molecule has 17 heavy (non-hydrogen) atoms. The second-order valence-electron chi connectivity index (χ2n) is 5.46. The quantitative estimate of drug-likeness (QED) is 0.839. The molecule has 2 rings (SSSR count). The lowest BCUT2D eigenvalue weighted by Crippen LogP contribution is -2.45. The first-order chi connectivity index (χ1) is 8.24. The molecule has 1 heterocycles. The number of amidine groups is 1. The molecule has 1 aliphatic carbocycles. The SMILES string of the molecule is COCC(C)CN=C1NC2(CCCCC2)CS1. The van der Waals surface area contributed by atoms with Gasteiger partial charge in [-0.2, -0.15) is 0 Å². The summed E-state index contributed by atoms with van der Waals surface area (Å²) in [5, 5.41) is 4.84. The monoisotopic (exact) mass is 256 g/mol. The van der Waals surface area contributed by atoms with Crippen LogP contribution in [0.25, 0.3) is 0 Å². The molecule has 1 N–H and O–H groups in total. The molecule has 0 amide bonds. The highest BCUT2D eigenvalue weighted by Gasteiger charge is 2.37. The summed E-state index contributed by atoms with van der Waals surface area (Å²) < 4.78 is 5.13. The smallest absolute Gasteiger partial charge is 0.157 e. The molecule has 1 unspecified atom stereocenters. The Morgan fingerprint density at radius 1 is 1.41 bits per heavy atom. The van der Waals surface area contributed by atoms with Crippen LogP contribution in [0.4, 0.5) is 0 Å². The van der Waals surface area contributed by atoms with Gasteiger partial charge in [-0.05, 0) is 18.8 Å². The Kier molecular flexibility index (Phi) is 4.74. The fraction of sp³-hybridized carbons (Fsp3) is 0.923. The minimum atomic E-state index is 0.381. The molecule has 98 valence electrons. The molecule has 1 atom stereocenters. The molecule has 2 aliphatic rings. The van der Waals surface area contributed by atoms with E-state index in [4.69, 9.17) is 4.74 Å². The molecule has 1 aliphatic heterocycles. The lowest BCUT2D eigenvalue weighted by Gasteiger charge is -2.32. The van der Waals surface area contributed by atoms with Crippen molar-refractivity contribution in [3.8, 4) is 0 Å². The van der Waals surface area contributed by atoms with Crippen molar-refractivity contribution < 1.29 is 4.74 Å². The molecule has 0 aromatic carbocycles. The first-order valence-corrected chi connectivity index (χ1v) is 7.67. The highest BCUT2D eigenvalue weighted by molar-refractivity contribution is 8.14. The van der Waals surface area contributed by atoms with E-state index in [0.717, 1.165) is 18.3 Å². The topological polar surface area (TPSA) is 33.6 Å². The number of nitrogens with one attached hydrogen (secondary N) is 1. The van der Waals surface area contributed by atoms with Gasteiger partial charge >= 0.3 is 0 Å². The van der Waals surface area contributed by atoms with Crippen molar-refractivity contribution >= 4 is 16.9 Å². The average Bonchev–Trinajstić information content (AvgIpc) is 2.71. The number of aliphatic imine (C=N–C) groups is 1. The maximum Gasteiger partial charge on any atom is 0.157 e. The highest BCUT2D eigenvalue weighted by Crippen LogP contribution is 2.36. The third kappa shape index (κ3) is 3.62. The number of hydrogen-bond donors (Lipinski definition) is 1. The van der Waals surface area contributed by atoms with Gasteiger partial charge in [0.2, 0.25) is 0 Å². The third-order valence-corrected chi connectivity index (χ3v) is 4.87. The van der Waals surface area contributed by atoms with Crippen molar-refractivity contribution in [3.63, 3.8) is 0 Å². The van der Waals surface area contributed by atoms with E-state index in [1.54, 1.807) is 7.11 Å². The molecular weight excluding hydrogens is 232 g/mol. The molecule has 1 saturated carbocycles. The summed E-state index contributed by atoms with van der Waals surface area (Å²) in [5.74, 6) is 1.72. The van der Waals surface area contributed by atoms with Crippen LogP contribution in [0.15, 0.2) is 4.99 Å². The number of rotatable bonds is 4. The molecule has 0 aromatic heterocycles. The van der Waals surface area contributed by atoms with E-state index in [-0.39, 0.29) is 0 Å². The predicted octanol–water partition coefficient (Wildman–Crippen LogP) is 2.66. The van der Waals surface area contributed by atoms with Crippen LogP contribution in [-0.4, -0.2) is 36.7 Å². The Morgan fingerprint density at radius 3 is 2.88 bits per heavy atom. The minimum Gasteiger partial charge on any atom is -0.384 e. The van der Waals surface area contributed by atoms with Crippen LogP contribution < -0.4 is 5.32 Å². The van der Waals surface area contributed by atoms with E-state index in [1.165, 1.54) is 37.9 Å². The largest absolute Gasteiger partial charge is 0.384 e. The first-order valence-electron chi connectivity index (χ1n) is 6.68. The van der Waals surface area contributed by atoms with Crippen LogP contribution in [0.2, 0.25) is 0 Å². The van der Waals surface area contributed by atoms with Crippen molar-refractivity contribution in [1.82, 2.24) is 5.32 Å². The van der Waals surface area contributed by atoms with Crippen molar-refractivity contribution in [2.24, 2.45) is 10.9 Å². The number of thioether (sulfide) groups is 1. The average molecular weight is 256 g/mol. The van der Waals surface area contributed by atoms with Gasteiger partial charge in [-0.25, -0.2) is 0 Å². The fourth-order valence-electron chi connectivity index (χ4n) is 2.66. The molecule has 3 nitrogen and oxygen atoms in total. The molecule has 0 radical (unpaired) electrons. The molecule has 1 spiro atoms. The second kappa shape index (κ2) is 6.10. The van der Waals surface area contributed by atoms with Gasteiger partial charge in [-0.1, -0.05) is 37.9 Å². The van der Waals surface area contributed by atoms with Crippen LogP contribution in [0, 0.1) is 5.92 Å². The van der Waals surface area contributed by atoms with E-state index in [0.29, 0.717) is 11.5 Å². The Labute approximate surface area is 109 Å². The van der Waals surface area contributed by atoms with Crippen molar-refractivity contribution in [3.05, 3.63) is 0 Å². The van der Waals surface area contributed by atoms with E-state index in [1.807, 2.05) is 11.8 Å². The lowest BCUT2D eigenvalue weighted by atomic mass is 9.83. The Bertz CT molecular complexity index is 275. The molecule has 0 aromatic rings. The van der Waals surface area contributed by atoms with Crippen molar-refractivity contribution in [2.45, 2.75) is 44.6 Å². The molecule has 1 saturated heterocycles. The zero-order valence-corrected chi connectivity index (χ0v) is 11.8. The summed E-state index contributed by atoms with van der Waals surface area (Å²) in [4.78, 5) is 4.68. The zero-order chi connectivity index (χ0) is 12.1. The van der Waals surface area contributed by atoms with E-state index in [2.05, 4.69) is 17.2 Å². The third-order valence-electron chi connectivity index (χ3n) is 3.67. The normalized spacial score (nSPS) is 27.3. The minimum absolute atomic E-state index is 0.381. The van der Waals surface area contributed by atoms with Crippen LogP contribution in [0.5, 0.6) is 0 Å². The number of hydrogen-bond acceptors (Lipinski definition) is 3.